The van der Waals surface area contributed by atoms with Crippen LogP contribution < -0.4 is 5.32 Å². The van der Waals surface area contributed by atoms with Gasteiger partial charge in [-0.3, -0.25) is 4.79 Å². The quantitative estimate of drug-likeness (QED) is 0.754. The first-order valence-corrected chi connectivity index (χ1v) is 8.85. The molecule has 1 amide bonds. The number of rotatable bonds is 5. The van der Waals surface area contributed by atoms with Crippen LogP contribution >= 0.6 is 23.2 Å². The van der Waals surface area contributed by atoms with Crippen LogP contribution in [-0.4, -0.2) is 28.0 Å². The van der Waals surface area contributed by atoms with Crippen molar-refractivity contribution >= 4 is 40.9 Å². The fourth-order valence-electron chi connectivity index (χ4n) is 2.80. The number of ether oxygens (including phenoxy) is 1. The number of aromatic nitrogens is 2. The number of nitrogens with zero attached hydrogens (tertiary/aromatic N) is 2. The topological polar surface area (TPSA) is 73.2 Å². The Hall–Kier alpha value is -2.05. The molecule has 2 rings (SSSR count). The number of esters is 1. The molecule has 0 saturated carbocycles. The van der Waals surface area contributed by atoms with E-state index in [0.717, 1.165) is 11.4 Å². The van der Waals surface area contributed by atoms with Gasteiger partial charge >= 0.3 is 5.97 Å². The average molecular weight is 398 g/mol. The van der Waals surface area contributed by atoms with Gasteiger partial charge in [-0.15, -0.1) is 0 Å². The van der Waals surface area contributed by atoms with Gasteiger partial charge in [-0.25, -0.2) is 9.78 Å². The third kappa shape index (κ3) is 4.37. The van der Waals surface area contributed by atoms with E-state index in [1.54, 1.807) is 13.0 Å². The predicted molar refractivity (Wildman–Crippen MR) is 102 cm³/mol. The van der Waals surface area contributed by atoms with E-state index < -0.39 is 18.5 Å². The molecule has 2 heterocycles. The Balaban J connectivity index is 2.03. The Bertz CT molecular complexity index is 860. The first-order chi connectivity index (χ1) is 12.1. The Morgan fingerprint density at radius 3 is 2.42 bits per heavy atom. The van der Waals surface area contributed by atoms with Crippen molar-refractivity contribution in [3.63, 3.8) is 0 Å². The van der Waals surface area contributed by atoms with Gasteiger partial charge in [0.25, 0.3) is 5.91 Å². The number of carbonyl (C=O) groups is 2. The summed E-state index contributed by atoms with van der Waals surface area (Å²) in [5.74, 6) is -0.911. The zero-order valence-corrected chi connectivity index (χ0v) is 16.8. The second-order valence-corrected chi connectivity index (χ2v) is 7.07. The molecule has 0 aliphatic carbocycles. The predicted octanol–water partition coefficient (Wildman–Crippen LogP) is 4.49. The number of nitrogens with one attached hydrogen (secondary N) is 1. The van der Waals surface area contributed by atoms with Crippen LogP contribution in [0.3, 0.4) is 0 Å². The number of hydrogen-bond donors (Lipinski definition) is 1. The van der Waals surface area contributed by atoms with Gasteiger partial charge in [-0.1, -0.05) is 23.2 Å². The van der Waals surface area contributed by atoms with Gasteiger partial charge in [-0.05, 0) is 46.8 Å². The summed E-state index contributed by atoms with van der Waals surface area (Å²) in [4.78, 5) is 28.4. The molecule has 0 aliphatic heterocycles. The van der Waals surface area contributed by atoms with E-state index in [9.17, 15) is 9.59 Å². The summed E-state index contributed by atoms with van der Waals surface area (Å²) >= 11 is 11.9. The number of amides is 1. The van der Waals surface area contributed by atoms with Crippen molar-refractivity contribution in [2.24, 2.45) is 0 Å². The van der Waals surface area contributed by atoms with E-state index in [1.807, 2.05) is 32.3 Å². The lowest BCUT2D eigenvalue weighted by Gasteiger charge is -2.13. The molecule has 26 heavy (non-hydrogen) atoms. The molecular formula is C18H21Cl2N3O3. The summed E-state index contributed by atoms with van der Waals surface area (Å²) in [7, 11) is 0. The lowest BCUT2D eigenvalue weighted by atomic mass is 10.2. The molecule has 6 nitrogen and oxygen atoms in total. The molecule has 140 valence electrons. The molecule has 0 fully saturated rings. The minimum Gasteiger partial charge on any atom is -0.452 e. The highest BCUT2D eigenvalue weighted by molar-refractivity contribution is 6.36. The van der Waals surface area contributed by atoms with Gasteiger partial charge in [0, 0.05) is 17.4 Å². The Morgan fingerprint density at radius 2 is 1.85 bits per heavy atom. The van der Waals surface area contributed by atoms with Crippen LogP contribution in [-0.2, 0) is 9.53 Å². The molecule has 2 aromatic rings. The molecule has 0 aliphatic rings. The SMILES string of the molecule is Cc1nc(NC(=O)COC(=O)c2cc(C)n(C(C)C)c2C)c(Cl)cc1Cl. The molecule has 0 atom stereocenters. The number of carbonyl (C=O) groups excluding carboxylic acids is 2. The molecule has 0 spiro atoms. The normalized spacial score (nSPS) is 10.9. The summed E-state index contributed by atoms with van der Waals surface area (Å²) in [5, 5.41) is 3.12. The van der Waals surface area contributed by atoms with E-state index in [2.05, 4.69) is 10.3 Å². The third-order valence-corrected chi connectivity index (χ3v) is 4.59. The van der Waals surface area contributed by atoms with Crippen LogP contribution in [0.1, 0.15) is 47.3 Å². The minimum absolute atomic E-state index is 0.174. The van der Waals surface area contributed by atoms with Crippen LogP contribution in [0.5, 0.6) is 0 Å². The molecule has 0 unspecified atom stereocenters. The van der Waals surface area contributed by atoms with Gasteiger partial charge in [-0.2, -0.15) is 0 Å². The maximum absolute atomic E-state index is 12.3. The molecule has 1 N–H and O–H groups in total. The second kappa shape index (κ2) is 8.10. The van der Waals surface area contributed by atoms with Gasteiger partial charge in [0.1, 0.15) is 0 Å². The minimum atomic E-state index is -0.550. The van der Waals surface area contributed by atoms with Gasteiger partial charge < -0.3 is 14.6 Å². The molecule has 2 aromatic heterocycles. The van der Waals surface area contributed by atoms with Crippen molar-refractivity contribution in [1.29, 1.82) is 0 Å². The lowest BCUT2D eigenvalue weighted by molar-refractivity contribution is -0.119. The maximum Gasteiger partial charge on any atom is 0.340 e. The summed E-state index contributed by atoms with van der Waals surface area (Å²) in [6, 6.07) is 3.48. The lowest BCUT2D eigenvalue weighted by Crippen LogP contribution is -2.22. The van der Waals surface area contributed by atoms with Crippen LogP contribution in [0.15, 0.2) is 12.1 Å². The number of hydrogen-bond acceptors (Lipinski definition) is 4. The summed E-state index contributed by atoms with van der Waals surface area (Å²) in [5.41, 5.74) is 2.74. The highest BCUT2D eigenvalue weighted by atomic mass is 35.5. The van der Waals surface area contributed by atoms with Gasteiger partial charge in [0.2, 0.25) is 0 Å². The summed E-state index contributed by atoms with van der Waals surface area (Å²) in [6.07, 6.45) is 0. The van der Waals surface area contributed by atoms with Crippen molar-refractivity contribution in [2.45, 2.75) is 40.7 Å². The third-order valence-electron chi connectivity index (χ3n) is 3.92. The zero-order valence-electron chi connectivity index (χ0n) is 15.3. The Morgan fingerprint density at radius 1 is 1.19 bits per heavy atom. The molecule has 0 radical (unpaired) electrons. The standard InChI is InChI=1S/C18H21Cl2N3O3/c1-9(2)23-10(3)6-13(12(23)5)18(25)26-8-16(24)22-17-15(20)7-14(19)11(4)21-17/h6-7,9H,8H2,1-5H3,(H,21,22,24). The number of halogens is 2. The number of aryl methyl sites for hydroxylation is 2. The first kappa shape index (κ1) is 20.3. The Kier molecular flexibility index (Phi) is 6.31. The van der Waals surface area contributed by atoms with Gasteiger partial charge in [0.05, 0.1) is 21.3 Å². The fourth-order valence-corrected chi connectivity index (χ4v) is 3.21. The zero-order chi connectivity index (χ0) is 19.6. The van der Waals surface area contributed by atoms with Crippen LogP contribution in [0.4, 0.5) is 5.82 Å². The summed E-state index contributed by atoms with van der Waals surface area (Å²) in [6.45, 7) is 9.10. The molecular weight excluding hydrogens is 377 g/mol. The van der Waals surface area contributed by atoms with Crippen LogP contribution in [0.25, 0.3) is 0 Å². The fraction of sp³-hybridized carbons (Fsp3) is 0.389. The van der Waals surface area contributed by atoms with Crippen molar-refractivity contribution in [2.75, 3.05) is 11.9 Å². The second-order valence-electron chi connectivity index (χ2n) is 6.26. The van der Waals surface area contributed by atoms with E-state index in [0.29, 0.717) is 16.3 Å². The smallest absolute Gasteiger partial charge is 0.340 e. The first-order valence-electron chi connectivity index (χ1n) is 8.09. The van der Waals surface area contributed by atoms with Crippen molar-refractivity contribution in [1.82, 2.24) is 9.55 Å². The Labute approximate surface area is 162 Å². The number of pyridine rings is 1. The van der Waals surface area contributed by atoms with Gasteiger partial charge in [0.15, 0.2) is 12.4 Å². The maximum atomic E-state index is 12.3. The summed E-state index contributed by atoms with van der Waals surface area (Å²) < 4.78 is 7.16. The van der Waals surface area contributed by atoms with Crippen molar-refractivity contribution < 1.29 is 14.3 Å². The van der Waals surface area contributed by atoms with E-state index >= 15 is 0 Å². The van der Waals surface area contributed by atoms with E-state index in [1.165, 1.54) is 6.07 Å². The molecule has 8 heteroatoms. The van der Waals surface area contributed by atoms with E-state index in [4.69, 9.17) is 27.9 Å². The monoisotopic (exact) mass is 397 g/mol. The average Bonchev–Trinajstić information content (AvgIpc) is 2.85. The van der Waals surface area contributed by atoms with Crippen LogP contribution in [0, 0.1) is 20.8 Å². The number of anilines is 1. The van der Waals surface area contributed by atoms with Crippen molar-refractivity contribution in [3.05, 3.63) is 44.8 Å². The van der Waals surface area contributed by atoms with Crippen LogP contribution in [0.2, 0.25) is 10.0 Å². The van der Waals surface area contributed by atoms with E-state index in [-0.39, 0.29) is 16.9 Å². The molecule has 0 bridgehead atoms. The highest BCUT2D eigenvalue weighted by Crippen LogP contribution is 2.25. The largest absolute Gasteiger partial charge is 0.452 e. The molecule has 0 aromatic carbocycles. The van der Waals surface area contributed by atoms with Crippen molar-refractivity contribution in [3.8, 4) is 0 Å². The molecule has 0 saturated heterocycles. The highest BCUT2D eigenvalue weighted by Gasteiger charge is 2.19.